The van der Waals surface area contributed by atoms with Crippen LogP contribution in [0.4, 0.5) is 0 Å². The van der Waals surface area contributed by atoms with Gasteiger partial charge in [0.25, 0.3) is 0 Å². The molecule has 1 N–H and O–H groups in total. The average Bonchev–Trinajstić information content (AvgIpc) is 2.90. The summed E-state index contributed by atoms with van der Waals surface area (Å²) < 4.78 is 0. The second-order valence-corrected chi connectivity index (χ2v) is 6.59. The molecule has 1 saturated carbocycles. The third kappa shape index (κ3) is 7.71. The first-order valence-corrected chi connectivity index (χ1v) is 9.18. The fourth-order valence-corrected chi connectivity index (χ4v) is 3.24. The summed E-state index contributed by atoms with van der Waals surface area (Å²) in [6.07, 6.45) is 17.1. The highest BCUT2D eigenvalue weighted by Crippen LogP contribution is 2.34. The molecule has 0 heterocycles. The van der Waals surface area contributed by atoms with E-state index in [9.17, 15) is 14.4 Å². The van der Waals surface area contributed by atoms with Gasteiger partial charge in [0, 0.05) is 18.8 Å². The summed E-state index contributed by atoms with van der Waals surface area (Å²) >= 11 is 0. The van der Waals surface area contributed by atoms with Crippen molar-refractivity contribution in [3.05, 3.63) is 24.3 Å². The maximum Gasteiger partial charge on any atom is 0.372 e. The van der Waals surface area contributed by atoms with Crippen LogP contribution in [-0.2, 0) is 14.4 Å². The predicted octanol–water partition coefficient (Wildman–Crippen LogP) is 4.49. The fraction of sp³-hybridized carbons (Fsp3) is 0.650. The number of carbonyl (C=O) groups is 3. The van der Waals surface area contributed by atoms with Gasteiger partial charge < -0.3 is 5.11 Å². The Kier molecular flexibility index (Phi) is 9.97. The number of Topliss-reactive ketones (excluding diaryl/α,β-unsaturated/α-hetero) is 2. The quantitative estimate of drug-likeness (QED) is 0.324. The van der Waals surface area contributed by atoms with Crippen LogP contribution < -0.4 is 0 Å². The van der Waals surface area contributed by atoms with Crippen LogP contribution in [0, 0.1) is 11.8 Å². The number of rotatable bonds is 12. The molecule has 24 heavy (non-hydrogen) atoms. The molecule has 134 valence electrons. The molecule has 1 aliphatic rings. The monoisotopic (exact) mass is 334 g/mol. The Balaban J connectivity index is 2.33. The molecule has 0 radical (unpaired) electrons. The molecule has 1 aliphatic carbocycles. The van der Waals surface area contributed by atoms with Crippen molar-refractivity contribution < 1.29 is 19.5 Å². The Labute approximate surface area is 145 Å². The highest BCUT2D eigenvalue weighted by molar-refractivity contribution is 6.33. The summed E-state index contributed by atoms with van der Waals surface area (Å²) in [6.45, 7) is 2.22. The lowest BCUT2D eigenvalue weighted by atomic mass is 9.89. The van der Waals surface area contributed by atoms with Crippen LogP contribution in [-0.4, -0.2) is 22.6 Å². The Morgan fingerprint density at radius 1 is 1.12 bits per heavy atom. The van der Waals surface area contributed by atoms with Crippen molar-refractivity contribution in [2.45, 2.75) is 71.1 Å². The van der Waals surface area contributed by atoms with Gasteiger partial charge in [-0.1, -0.05) is 69.8 Å². The molecule has 0 bridgehead atoms. The van der Waals surface area contributed by atoms with Gasteiger partial charge in [0.1, 0.15) is 5.78 Å². The van der Waals surface area contributed by atoms with Gasteiger partial charge in [0.15, 0.2) is 0 Å². The molecule has 4 heteroatoms. The standard InChI is InChI=1S/C20H30O4/c1-2-3-4-5-6-8-11-16-14-15-18(21)17(16)12-9-7-10-13-19(22)20(23)24/h7,9-10,12,16-17H,2-6,8,11,13-15H2,1H3,(H,23,24)/t16-,17+/m0/s1. The first-order valence-electron chi connectivity index (χ1n) is 9.18. The van der Waals surface area contributed by atoms with Crippen molar-refractivity contribution >= 4 is 17.5 Å². The van der Waals surface area contributed by atoms with Gasteiger partial charge in [-0.25, -0.2) is 4.79 Å². The Morgan fingerprint density at radius 3 is 2.54 bits per heavy atom. The van der Waals surface area contributed by atoms with E-state index in [2.05, 4.69) is 6.92 Å². The normalized spacial score (nSPS) is 21.1. The van der Waals surface area contributed by atoms with Crippen molar-refractivity contribution in [3.8, 4) is 0 Å². The highest BCUT2D eigenvalue weighted by Gasteiger charge is 2.31. The van der Waals surface area contributed by atoms with E-state index in [4.69, 9.17) is 5.11 Å². The fourth-order valence-electron chi connectivity index (χ4n) is 3.24. The van der Waals surface area contributed by atoms with Gasteiger partial charge in [-0.2, -0.15) is 0 Å². The predicted molar refractivity (Wildman–Crippen MR) is 94.8 cm³/mol. The van der Waals surface area contributed by atoms with Crippen molar-refractivity contribution in [2.75, 3.05) is 0 Å². The van der Waals surface area contributed by atoms with Crippen molar-refractivity contribution in [3.63, 3.8) is 0 Å². The van der Waals surface area contributed by atoms with E-state index in [0.29, 0.717) is 18.1 Å². The Hall–Kier alpha value is -1.71. The largest absolute Gasteiger partial charge is 0.475 e. The van der Waals surface area contributed by atoms with Gasteiger partial charge in [-0.3, -0.25) is 9.59 Å². The maximum absolute atomic E-state index is 12.0. The van der Waals surface area contributed by atoms with E-state index in [0.717, 1.165) is 12.8 Å². The Bertz CT molecular complexity index is 476. The minimum Gasteiger partial charge on any atom is -0.475 e. The molecule has 0 spiro atoms. The van der Waals surface area contributed by atoms with E-state index in [1.54, 1.807) is 12.2 Å². The van der Waals surface area contributed by atoms with E-state index in [1.165, 1.54) is 44.6 Å². The molecule has 0 aromatic carbocycles. The average molecular weight is 334 g/mol. The number of ketones is 2. The van der Waals surface area contributed by atoms with Crippen LogP contribution in [0.2, 0.25) is 0 Å². The summed E-state index contributed by atoms with van der Waals surface area (Å²) in [7, 11) is 0. The minimum atomic E-state index is -1.41. The number of carbonyl (C=O) groups excluding carboxylic acids is 2. The molecule has 4 nitrogen and oxygen atoms in total. The number of hydrogen-bond acceptors (Lipinski definition) is 3. The summed E-state index contributed by atoms with van der Waals surface area (Å²) in [5, 5.41) is 8.48. The zero-order chi connectivity index (χ0) is 17.8. The molecule has 1 fully saturated rings. The van der Waals surface area contributed by atoms with Crippen LogP contribution in [0.25, 0.3) is 0 Å². The number of carboxylic acids is 1. The smallest absolute Gasteiger partial charge is 0.372 e. The molecule has 0 amide bonds. The zero-order valence-corrected chi connectivity index (χ0v) is 14.7. The summed E-state index contributed by atoms with van der Waals surface area (Å²) in [6, 6.07) is 0. The third-order valence-electron chi connectivity index (χ3n) is 4.68. The van der Waals surface area contributed by atoms with E-state index in [-0.39, 0.29) is 12.3 Å². The van der Waals surface area contributed by atoms with Crippen LogP contribution in [0.5, 0.6) is 0 Å². The van der Waals surface area contributed by atoms with Crippen molar-refractivity contribution in [1.82, 2.24) is 0 Å². The summed E-state index contributed by atoms with van der Waals surface area (Å²) in [5.41, 5.74) is 0. The highest BCUT2D eigenvalue weighted by atomic mass is 16.4. The molecular weight excluding hydrogens is 304 g/mol. The first-order chi connectivity index (χ1) is 11.6. The molecule has 0 saturated heterocycles. The van der Waals surface area contributed by atoms with Crippen molar-refractivity contribution in [1.29, 1.82) is 0 Å². The van der Waals surface area contributed by atoms with Gasteiger partial charge >= 0.3 is 5.97 Å². The summed E-state index contributed by atoms with van der Waals surface area (Å²) in [5.74, 6) is -1.50. The molecular formula is C20H30O4. The number of hydrogen-bond donors (Lipinski definition) is 1. The third-order valence-corrected chi connectivity index (χ3v) is 4.68. The molecule has 2 atom stereocenters. The minimum absolute atomic E-state index is 0.0135. The number of aliphatic carboxylic acids is 1. The molecule has 0 aromatic heterocycles. The van der Waals surface area contributed by atoms with E-state index < -0.39 is 11.8 Å². The van der Waals surface area contributed by atoms with Crippen LogP contribution in [0.3, 0.4) is 0 Å². The maximum atomic E-state index is 12.0. The van der Waals surface area contributed by atoms with E-state index in [1.807, 2.05) is 6.08 Å². The SMILES string of the molecule is CCCCCCCC[C@H]1CCC(=O)[C@@H]1C=CC=CCC(=O)C(=O)O. The lowest BCUT2D eigenvalue weighted by molar-refractivity contribution is -0.148. The second-order valence-electron chi connectivity index (χ2n) is 6.59. The summed E-state index contributed by atoms with van der Waals surface area (Å²) in [4.78, 5) is 33.4. The van der Waals surface area contributed by atoms with Gasteiger partial charge in [0.05, 0.1) is 0 Å². The molecule has 0 aliphatic heterocycles. The molecule has 0 aromatic rings. The molecule has 1 rings (SSSR count). The first kappa shape index (κ1) is 20.3. The molecule has 0 unspecified atom stereocenters. The number of unbranched alkanes of at least 4 members (excludes halogenated alkanes) is 5. The van der Waals surface area contributed by atoms with Crippen LogP contribution >= 0.6 is 0 Å². The van der Waals surface area contributed by atoms with Gasteiger partial charge in [0.2, 0.25) is 5.78 Å². The zero-order valence-electron chi connectivity index (χ0n) is 14.7. The van der Waals surface area contributed by atoms with Gasteiger partial charge in [-0.05, 0) is 18.8 Å². The number of allylic oxidation sites excluding steroid dienone is 4. The van der Waals surface area contributed by atoms with E-state index >= 15 is 0 Å². The number of carboxylic acid groups (broad SMARTS) is 1. The lowest BCUT2D eigenvalue weighted by Gasteiger charge is -2.14. The Morgan fingerprint density at radius 2 is 1.83 bits per heavy atom. The van der Waals surface area contributed by atoms with Crippen molar-refractivity contribution in [2.24, 2.45) is 11.8 Å². The lowest BCUT2D eigenvalue weighted by Crippen LogP contribution is -2.12. The van der Waals surface area contributed by atoms with Crippen LogP contribution in [0.1, 0.15) is 71.1 Å². The van der Waals surface area contributed by atoms with Crippen LogP contribution in [0.15, 0.2) is 24.3 Å². The van der Waals surface area contributed by atoms with Gasteiger partial charge in [-0.15, -0.1) is 0 Å². The topological polar surface area (TPSA) is 71.4 Å². The second kappa shape index (κ2) is 11.8.